The molecule has 0 N–H and O–H groups in total. The number of ether oxygens (including phenoxy) is 4. The number of piperazine rings is 1. The highest BCUT2D eigenvalue weighted by Gasteiger charge is 2.30. The zero-order valence-corrected chi connectivity index (χ0v) is 30.4. The van der Waals surface area contributed by atoms with Crippen LogP contribution in [-0.4, -0.2) is 90.2 Å². The van der Waals surface area contributed by atoms with Crippen LogP contribution in [0.3, 0.4) is 0 Å². The monoisotopic (exact) mass is 699 g/mol. The van der Waals surface area contributed by atoms with Gasteiger partial charge in [-0.2, -0.15) is 5.10 Å². The molecular weight excluding hydrogens is 654 g/mol. The average molecular weight is 700 g/mol. The molecule has 1 saturated heterocycles. The highest BCUT2D eigenvalue weighted by Crippen LogP contribution is 2.35. The summed E-state index contributed by atoms with van der Waals surface area (Å²) in [5, 5.41) is 4.34. The number of fused-ring (bicyclic) bond motifs is 1. The first-order chi connectivity index (χ1) is 25.4. The first-order valence-electron chi connectivity index (χ1n) is 17.4. The molecule has 1 atom stereocenters. The molecule has 11 nitrogen and oxygen atoms in total. The SMILES string of the molecule is COc1ccc(CN2CCN(Cc3ccc(OC)cc3)C(CN(c3cc(OC)cc(OC)c3)c3ccc4ncc(-c5cnn(C)c5)nc4c3)C2)cc1. The molecule has 0 aliphatic carbocycles. The van der Waals surface area contributed by atoms with Crippen molar-refractivity contribution in [3.8, 4) is 34.3 Å². The highest BCUT2D eigenvalue weighted by molar-refractivity contribution is 5.82. The van der Waals surface area contributed by atoms with Gasteiger partial charge in [0.25, 0.3) is 0 Å². The summed E-state index contributed by atoms with van der Waals surface area (Å²) in [6.07, 6.45) is 5.57. The first kappa shape index (κ1) is 34.8. The Morgan fingerprint density at radius 1 is 0.673 bits per heavy atom. The van der Waals surface area contributed by atoms with Gasteiger partial charge >= 0.3 is 0 Å². The van der Waals surface area contributed by atoms with E-state index in [1.54, 1.807) is 39.3 Å². The molecule has 1 unspecified atom stereocenters. The Kier molecular flexibility index (Phi) is 10.5. The molecular formula is C41H45N7O4. The molecule has 11 heteroatoms. The summed E-state index contributed by atoms with van der Waals surface area (Å²) in [6, 6.07) is 29.3. The van der Waals surface area contributed by atoms with E-state index < -0.39 is 0 Å². The lowest BCUT2D eigenvalue weighted by molar-refractivity contribution is 0.0682. The van der Waals surface area contributed by atoms with E-state index >= 15 is 0 Å². The molecule has 0 spiro atoms. The molecule has 1 aliphatic rings. The zero-order valence-electron chi connectivity index (χ0n) is 30.4. The van der Waals surface area contributed by atoms with Crippen molar-refractivity contribution in [3.63, 3.8) is 0 Å². The van der Waals surface area contributed by atoms with E-state index in [-0.39, 0.29) is 6.04 Å². The molecule has 0 radical (unpaired) electrons. The Balaban J connectivity index is 1.26. The van der Waals surface area contributed by atoms with Crippen molar-refractivity contribution in [2.45, 2.75) is 19.1 Å². The molecule has 6 aromatic rings. The predicted molar refractivity (Wildman–Crippen MR) is 204 cm³/mol. The standard InChI is InChI=1S/C41H45N7O4/c1-45-26-31(22-43-45)41-23-42-39-15-10-32(20-40(39)44-41)48(33-18-37(51-4)21-38(19-33)52-5)28-34-27-46(24-29-6-11-35(49-2)12-7-29)16-17-47(34)25-30-8-13-36(50-3)14-9-30/h6-15,18-23,26,34H,16-17,24-25,27-28H2,1-5H3. The number of methoxy groups -OCH3 is 4. The number of rotatable bonds is 13. The Morgan fingerprint density at radius 2 is 1.33 bits per heavy atom. The van der Waals surface area contributed by atoms with Gasteiger partial charge in [-0.3, -0.25) is 19.5 Å². The summed E-state index contributed by atoms with van der Waals surface area (Å²) < 4.78 is 24.1. The molecule has 7 rings (SSSR count). The van der Waals surface area contributed by atoms with E-state index in [2.05, 4.69) is 68.3 Å². The van der Waals surface area contributed by atoms with Crippen LogP contribution in [0, 0.1) is 0 Å². The fraction of sp³-hybridized carbons (Fsp3) is 0.293. The maximum absolute atomic E-state index is 5.75. The van der Waals surface area contributed by atoms with Gasteiger partial charge in [-0.25, -0.2) is 4.98 Å². The molecule has 1 fully saturated rings. The van der Waals surface area contributed by atoms with Crippen LogP contribution in [-0.2, 0) is 20.1 Å². The van der Waals surface area contributed by atoms with Gasteiger partial charge in [-0.15, -0.1) is 0 Å². The molecule has 3 heterocycles. The van der Waals surface area contributed by atoms with E-state index in [9.17, 15) is 0 Å². The maximum Gasteiger partial charge on any atom is 0.124 e. The highest BCUT2D eigenvalue weighted by atomic mass is 16.5. The molecule has 4 aromatic carbocycles. The van der Waals surface area contributed by atoms with Gasteiger partial charge in [-0.1, -0.05) is 24.3 Å². The van der Waals surface area contributed by atoms with Crippen molar-refractivity contribution >= 4 is 22.4 Å². The predicted octanol–water partition coefficient (Wildman–Crippen LogP) is 6.59. The maximum atomic E-state index is 5.75. The molecule has 0 bridgehead atoms. The topological polar surface area (TPSA) is 90.2 Å². The third kappa shape index (κ3) is 7.96. The number of aromatic nitrogens is 4. The number of hydrogen-bond donors (Lipinski definition) is 0. The van der Waals surface area contributed by atoms with Crippen LogP contribution in [0.1, 0.15) is 11.1 Å². The van der Waals surface area contributed by atoms with Crippen LogP contribution in [0.5, 0.6) is 23.0 Å². The Morgan fingerprint density at radius 3 is 1.94 bits per heavy atom. The fourth-order valence-corrected chi connectivity index (χ4v) is 6.82. The van der Waals surface area contributed by atoms with Gasteiger partial charge in [0, 0.05) is 93.7 Å². The summed E-state index contributed by atoms with van der Waals surface area (Å²) in [5.74, 6) is 3.16. The van der Waals surface area contributed by atoms with Crippen molar-refractivity contribution in [2.75, 3.05) is 59.5 Å². The van der Waals surface area contributed by atoms with Crippen LogP contribution in [0.25, 0.3) is 22.3 Å². The second-order valence-electron chi connectivity index (χ2n) is 13.1. The Labute approximate surface area is 304 Å². The van der Waals surface area contributed by atoms with E-state index in [0.29, 0.717) is 6.54 Å². The van der Waals surface area contributed by atoms with E-state index in [1.807, 2.05) is 55.8 Å². The zero-order chi connectivity index (χ0) is 36.0. The lowest BCUT2D eigenvalue weighted by Gasteiger charge is -2.44. The number of anilines is 2. The Bertz CT molecular complexity index is 2080. The van der Waals surface area contributed by atoms with Crippen molar-refractivity contribution < 1.29 is 18.9 Å². The number of hydrogen-bond acceptors (Lipinski definition) is 10. The van der Waals surface area contributed by atoms with Crippen LogP contribution in [0.4, 0.5) is 11.4 Å². The minimum absolute atomic E-state index is 0.162. The van der Waals surface area contributed by atoms with E-state index in [1.165, 1.54) is 11.1 Å². The van der Waals surface area contributed by atoms with E-state index in [4.69, 9.17) is 28.9 Å². The van der Waals surface area contributed by atoms with Crippen LogP contribution < -0.4 is 23.8 Å². The lowest BCUT2D eigenvalue weighted by Crippen LogP contribution is -2.55. The fourth-order valence-electron chi connectivity index (χ4n) is 6.82. The molecule has 268 valence electrons. The normalized spacial score (nSPS) is 15.1. The third-order valence-electron chi connectivity index (χ3n) is 9.68. The number of nitrogens with zero attached hydrogens (tertiary/aromatic N) is 7. The van der Waals surface area contributed by atoms with Gasteiger partial charge in [-0.05, 0) is 53.6 Å². The summed E-state index contributed by atoms with van der Waals surface area (Å²) in [4.78, 5) is 17.3. The lowest BCUT2D eigenvalue weighted by atomic mass is 10.1. The largest absolute Gasteiger partial charge is 0.497 e. The minimum atomic E-state index is 0.162. The minimum Gasteiger partial charge on any atom is -0.497 e. The average Bonchev–Trinajstić information content (AvgIpc) is 3.63. The second-order valence-corrected chi connectivity index (χ2v) is 13.1. The molecule has 0 amide bonds. The van der Waals surface area contributed by atoms with Gasteiger partial charge in [0.05, 0.1) is 57.6 Å². The number of aryl methyl sites for hydroxylation is 1. The summed E-state index contributed by atoms with van der Waals surface area (Å²) >= 11 is 0. The van der Waals surface area contributed by atoms with Gasteiger partial charge in [0.2, 0.25) is 0 Å². The van der Waals surface area contributed by atoms with Crippen molar-refractivity contribution in [1.82, 2.24) is 29.5 Å². The first-order valence-corrected chi connectivity index (χ1v) is 17.4. The van der Waals surface area contributed by atoms with Crippen LogP contribution in [0.2, 0.25) is 0 Å². The Hall–Kier alpha value is -5.65. The number of benzene rings is 4. The second kappa shape index (κ2) is 15.7. The summed E-state index contributed by atoms with van der Waals surface area (Å²) in [5.41, 5.74) is 7.79. The van der Waals surface area contributed by atoms with Gasteiger partial charge in [0.15, 0.2) is 0 Å². The molecule has 0 saturated carbocycles. The van der Waals surface area contributed by atoms with Crippen molar-refractivity contribution in [3.05, 3.63) is 115 Å². The van der Waals surface area contributed by atoms with Gasteiger partial charge < -0.3 is 23.8 Å². The van der Waals surface area contributed by atoms with E-state index in [0.717, 1.165) is 89.4 Å². The quantitative estimate of drug-likeness (QED) is 0.132. The molecule has 2 aromatic heterocycles. The smallest absolute Gasteiger partial charge is 0.124 e. The van der Waals surface area contributed by atoms with Crippen LogP contribution in [0.15, 0.2) is 104 Å². The van der Waals surface area contributed by atoms with Gasteiger partial charge in [0.1, 0.15) is 23.0 Å². The summed E-state index contributed by atoms with van der Waals surface area (Å²) in [7, 11) is 8.67. The van der Waals surface area contributed by atoms with Crippen molar-refractivity contribution in [2.24, 2.45) is 7.05 Å². The molecule has 52 heavy (non-hydrogen) atoms. The summed E-state index contributed by atoms with van der Waals surface area (Å²) in [6.45, 7) is 5.11. The van der Waals surface area contributed by atoms with Crippen molar-refractivity contribution in [1.29, 1.82) is 0 Å². The third-order valence-corrected chi connectivity index (χ3v) is 9.68. The van der Waals surface area contributed by atoms with Crippen LogP contribution >= 0.6 is 0 Å². The molecule has 1 aliphatic heterocycles.